The van der Waals surface area contributed by atoms with Gasteiger partial charge in [0, 0.05) is 10.2 Å². The molecule has 0 spiro atoms. The van der Waals surface area contributed by atoms with E-state index in [-0.39, 0.29) is 5.75 Å². The SMILES string of the molecule is Nc1ccccc1CCS(=O)(=O)c1ccc(Br)cc1. The number of rotatable bonds is 4. The fourth-order valence-corrected chi connectivity index (χ4v) is 3.31. The molecule has 0 atom stereocenters. The van der Waals surface area contributed by atoms with E-state index >= 15 is 0 Å². The highest BCUT2D eigenvalue weighted by Crippen LogP contribution is 2.18. The maximum atomic E-state index is 12.2. The van der Waals surface area contributed by atoms with Crippen LogP contribution >= 0.6 is 15.9 Å². The molecule has 3 nitrogen and oxygen atoms in total. The van der Waals surface area contributed by atoms with Crippen LogP contribution in [0, 0.1) is 0 Å². The zero-order chi connectivity index (χ0) is 13.9. The average Bonchev–Trinajstić information content (AvgIpc) is 2.38. The summed E-state index contributed by atoms with van der Waals surface area (Å²) in [4.78, 5) is 0.338. The van der Waals surface area contributed by atoms with Crippen LogP contribution < -0.4 is 5.73 Å². The molecule has 2 aromatic rings. The summed E-state index contributed by atoms with van der Waals surface area (Å²) in [6, 6.07) is 14.0. The fraction of sp³-hybridized carbons (Fsp3) is 0.143. The molecule has 0 aliphatic carbocycles. The first-order valence-corrected chi connectivity index (χ1v) is 8.25. The summed E-state index contributed by atoms with van der Waals surface area (Å²) in [7, 11) is -3.27. The molecule has 2 aromatic carbocycles. The first kappa shape index (κ1) is 14.1. The van der Waals surface area contributed by atoms with Crippen molar-refractivity contribution in [3.63, 3.8) is 0 Å². The Morgan fingerprint density at radius 2 is 1.63 bits per heavy atom. The van der Waals surface area contributed by atoms with Crippen LogP contribution in [0.2, 0.25) is 0 Å². The second-order valence-corrected chi connectivity index (χ2v) is 7.25. The number of nitrogen functional groups attached to an aromatic ring is 1. The standard InChI is InChI=1S/C14H14BrNO2S/c15-12-5-7-13(8-6-12)19(17,18)10-9-11-3-1-2-4-14(11)16/h1-8H,9-10,16H2. The van der Waals surface area contributed by atoms with Crippen LogP contribution in [0.25, 0.3) is 0 Å². The Morgan fingerprint density at radius 3 is 2.26 bits per heavy atom. The molecule has 0 heterocycles. The summed E-state index contributed by atoms with van der Waals surface area (Å²) in [6.45, 7) is 0. The Balaban J connectivity index is 2.14. The molecule has 100 valence electrons. The molecule has 19 heavy (non-hydrogen) atoms. The quantitative estimate of drug-likeness (QED) is 0.871. The topological polar surface area (TPSA) is 60.2 Å². The van der Waals surface area contributed by atoms with Gasteiger partial charge in [-0.1, -0.05) is 34.1 Å². The largest absolute Gasteiger partial charge is 0.399 e. The fourth-order valence-electron chi connectivity index (χ4n) is 1.77. The lowest BCUT2D eigenvalue weighted by molar-refractivity contribution is 0.595. The number of para-hydroxylation sites is 1. The van der Waals surface area contributed by atoms with Crippen molar-refractivity contribution in [1.29, 1.82) is 0 Å². The van der Waals surface area contributed by atoms with E-state index in [4.69, 9.17) is 5.73 Å². The number of anilines is 1. The Bertz CT molecular complexity index is 666. The van der Waals surface area contributed by atoms with Crippen LogP contribution in [-0.4, -0.2) is 14.2 Å². The maximum Gasteiger partial charge on any atom is 0.178 e. The van der Waals surface area contributed by atoms with Crippen LogP contribution in [0.1, 0.15) is 5.56 Å². The molecule has 0 aromatic heterocycles. The van der Waals surface area contributed by atoms with Gasteiger partial charge in [0.2, 0.25) is 0 Å². The van der Waals surface area contributed by atoms with Crippen LogP contribution in [0.4, 0.5) is 5.69 Å². The third kappa shape index (κ3) is 3.58. The summed E-state index contributed by atoms with van der Waals surface area (Å²) in [5.41, 5.74) is 7.30. The van der Waals surface area contributed by atoms with Crippen molar-refractivity contribution in [2.75, 3.05) is 11.5 Å². The molecule has 0 saturated carbocycles. The Hall–Kier alpha value is -1.33. The second kappa shape index (κ2) is 5.75. The lowest BCUT2D eigenvalue weighted by Gasteiger charge is -2.07. The van der Waals surface area contributed by atoms with Gasteiger partial charge in [0.25, 0.3) is 0 Å². The molecule has 2 N–H and O–H groups in total. The van der Waals surface area contributed by atoms with Gasteiger partial charge in [0.1, 0.15) is 0 Å². The summed E-state index contributed by atoms with van der Waals surface area (Å²) in [5.74, 6) is 0.0584. The maximum absolute atomic E-state index is 12.2. The smallest absolute Gasteiger partial charge is 0.178 e. The number of nitrogens with two attached hydrogens (primary N) is 1. The molecule has 2 rings (SSSR count). The number of sulfone groups is 1. The summed E-state index contributed by atoms with van der Waals surface area (Å²) >= 11 is 3.29. The van der Waals surface area contributed by atoms with Gasteiger partial charge >= 0.3 is 0 Å². The van der Waals surface area contributed by atoms with Gasteiger partial charge in [-0.25, -0.2) is 8.42 Å². The molecule has 0 aliphatic rings. The summed E-state index contributed by atoms with van der Waals surface area (Å²) in [5, 5.41) is 0. The first-order valence-electron chi connectivity index (χ1n) is 5.81. The van der Waals surface area contributed by atoms with E-state index < -0.39 is 9.84 Å². The van der Waals surface area contributed by atoms with Crippen molar-refractivity contribution < 1.29 is 8.42 Å². The normalized spacial score (nSPS) is 11.4. The van der Waals surface area contributed by atoms with Crippen molar-refractivity contribution >= 4 is 31.5 Å². The van der Waals surface area contributed by atoms with Crippen LogP contribution in [0.15, 0.2) is 57.9 Å². The summed E-state index contributed by atoms with van der Waals surface area (Å²) in [6.07, 6.45) is 0.422. The van der Waals surface area contributed by atoms with Crippen LogP contribution in [-0.2, 0) is 16.3 Å². The molecule has 0 bridgehead atoms. The third-order valence-electron chi connectivity index (χ3n) is 2.87. The average molecular weight is 340 g/mol. The minimum Gasteiger partial charge on any atom is -0.399 e. The highest BCUT2D eigenvalue weighted by atomic mass is 79.9. The van der Waals surface area contributed by atoms with E-state index in [1.165, 1.54) is 0 Å². The number of hydrogen-bond acceptors (Lipinski definition) is 3. The minimum absolute atomic E-state index is 0.0584. The predicted molar refractivity (Wildman–Crippen MR) is 80.8 cm³/mol. The van der Waals surface area contributed by atoms with E-state index in [1.807, 2.05) is 18.2 Å². The molecular formula is C14H14BrNO2S. The van der Waals surface area contributed by atoms with E-state index in [9.17, 15) is 8.42 Å². The van der Waals surface area contributed by atoms with Crippen LogP contribution in [0.3, 0.4) is 0 Å². The Labute approximate surface area is 121 Å². The van der Waals surface area contributed by atoms with Gasteiger partial charge in [0.15, 0.2) is 9.84 Å². The van der Waals surface area contributed by atoms with Crippen molar-refractivity contribution in [3.8, 4) is 0 Å². The number of benzene rings is 2. The van der Waals surface area contributed by atoms with Crippen molar-refractivity contribution in [1.82, 2.24) is 0 Å². The molecular weight excluding hydrogens is 326 g/mol. The molecule has 0 amide bonds. The molecule has 0 saturated heterocycles. The Kier molecular flexibility index (Phi) is 4.27. The van der Waals surface area contributed by atoms with Gasteiger partial charge in [0.05, 0.1) is 10.6 Å². The van der Waals surface area contributed by atoms with Gasteiger partial charge in [-0.3, -0.25) is 0 Å². The van der Waals surface area contributed by atoms with Gasteiger partial charge in [-0.15, -0.1) is 0 Å². The zero-order valence-corrected chi connectivity index (χ0v) is 12.6. The minimum atomic E-state index is -3.27. The Morgan fingerprint density at radius 1 is 1.00 bits per heavy atom. The number of halogens is 1. The van der Waals surface area contributed by atoms with Crippen molar-refractivity contribution in [2.24, 2.45) is 0 Å². The summed E-state index contributed by atoms with van der Waals surface area (Å²) < 4.78 is 25.2. The highest BCUT2D eigenvalue weighted by molar-refractivity contribution is 9.10. The van der Waals surface area contributed by atoms with E-state index in [2.05, 4.69) is 15.9 Å². The lowest BCUT2D eigenvalue weighted by Crippen LogP contribution is -2.10. The van der Waals surface area contributed by atoms with E-state index in [0.717, 1.165) is 10.0 Å². The monoisotopic (exact) mass is 339 g/mol. The third-order valence-corrected chi connectivity index (χ3v) is 5.13. The van der Waals surface area contributed by atoms with Crippen LogP contribution in [0.5, 0.6) is 0 Å². The van der Waals surface area contributed by atoms with Gasteiger partial charge in [-0.2, -0.15) is 0 Å². The predicted octanol–water partition coefficient (Wildman–Crippen LogP) is 3.05. The molecule has 0 unspecified atom stereocenters. The van der Waals surface area contributed by atoms with Gasteiger partial charge in [-0.05, 0) is 42.3 Å². The van der Waals surface area contributed by atoms with Gasteiger partial charge < -0.3 is 5.73 Å². The lowest BCUT2D eigenvalue weighted by atomic mass is 10.1. The highest BCUT2D eigenvalue weighted by Gasteiger charge is 2.14. The number of aryl methyl sites for hydroxylation is 1. The molecule has 0 aliphatic heterocycles. The molecule has 5 heteroatoms. The van der Waals surface area contributed by atoms with E-state index in [1.54, 1.807) is 30.3 Å². The first-order chi connectivity index (χ1) is 8.99. The number of hydrogen-bond donors (Lipinski definition) is 1. The van der Waals surface area contributed by atoms with Crippen molar-refractivity contribution in [3.05, 3.63) is 58.6 Å². The molecule has 0 fully saturated rings. The van der Waals surface area contributed by atoms with E-state index in [0.29, 0.717) is 17.0 Å². The second-order valence-electron chi connectivity index (χ2n) is 4.22. The zero-order valence-electron chi connectivity index (χ0n) is 10.2. The van der Waals surface area contributed by atoms with Crippen molar-refractivity contribution in [2.45, 2.75) is 11.3 Å². The molecule has 0 radical (unpaired) electrons.